The summed E-state index contributed by atoms with van der Waals surface area (Å²) in [5.41, 5.74) is 2.88. The Morgan fingerprint density at radius 3 is 2.28 bits per heavy atom. The molecule has 0 atom stereocenters. The summed E-state index contributed by atoms with van der Waals surface area (Å²) in [5, 5.41) is 1.17. The van der Waals surface area contributed by atoms with Crippen LogP contribution in [0.5, 0.6) is 5.75 Å². The summed E-state index contributed by atoms with van der Waals surface area (Å²) in [6.07, 6.45) is 4.52. The zero-order chi connectivity index (χ0) is 19.1. The van der Waals surface area contributed by atoms with Crippen LogP contribution in [0.3, 0.4) is 0 Å². The smallest absolute Gasteiger partial charge is 0.223 e. The molecule has 1 rings (SSSR count). The zero-order valence-electron chi connectivity index (χ0n) is 16.9. The van der Waals surface area contributed by atoms with E-state index in [0.29, 0.717) is 19.6 Å². The molecule has 0 saturated heterocycles. The molecule has 0 aliphatic carbocycles. The topological polar surface area (TPSA) is 55.6 Å². The maximum absolute atomic E-state index is 10.5. The van der Waals surface area contributed by atoms with Crippen LogP contribution in [-0.4, -0.2) is 24.6 Å². The number of hydrogen-bond donors (Lipinski definition) is 1. The predicted octanol–water partition coefficient (Wildman–Crippen LogP) is 4.55. The molecule has 1 amide bonds. The zero-order valence-corrected chi connectivity index (χ0v) is 16.9. The van der Waals surface area contributed by atoms with Gasteiger partial charge in [-0.05, 0) is 48.1 Å². The minimum absolute atomic E-state index is 0.0702. The molecule has 0 spiro atoms. The number of rotatable bonds is 11. The molecule has 0 aromatic heterocycles. The van der Waals surface area contributed by atoms with Crippen molar-refractivity contribution >= 4 is 6.41 Å². The van der Waals surface area contributed by atoms with E-state index in [-0.39, 0.29) is 10.8 Å². The van der Waals surface area contributed by atoms with Crippen molar-refractivity contribution in [2.75, 3.05) is 13.2 Å². The summed E-state index contributed by atoms with van der Waals surface area (Å²) in [7, 11) is 0. The van der Waals surface area contributed by atoms with Gasteiger partial charge in [-0.2, -0.15) is 0 Å². The third-order valence-corrected chi connectivity index (χ3v) is 5.46. The lowest BCUT2D eigenvalue weighted by Gasteiger charge is -2.30. The largest absolute Gasteiger partial charge is 0.493 e. The second-order valence-corrected chi connectivity index (χ2v) is 8.08. The number of carbonyl (C=O) groups is 1. The number of ether oxygens (including phenoxy) is 1. The number of nitrogens with zero attached hydrogens (tertiary/aromatic N) is 1. The average molecular weight is 349 g/mol. The van der Waals surface area contributed by atoms with Crippen molar-refractivity contribution < 1.29 is 9.53 Å². The molecule has 1 aromatic rings. The van der Waals surface area contributed by atoms with Gasteiger partial charge in [0.2, 0.25) is 6.41 Å². The van der Waals surface area contributed by atoms with E-state index in [4.69, 9.17) is 10.6 Å². The predicted molar refractivity (Wildman–Crippen MR) is 105 cm³/mol. The van der Waals surface area contributed by atoms with Gasteiger partial charge in [0.25, 0.3) is 0 Å². The Labute approximate surface area is 153 Å². The second kappa shape index (κ2) is 9.23. The van der Waals surface area contributed by atoms with Crippen LogP contribution in [0.4, 0.5) is 0 Å². The molecule has 2 N–H and O–H groups in total. The van der Waals surface area contributed by atoms with Gasteiger partial charge in [-0.15, -0.1) is 0 Å². The van der Waals surface area contributed by atoms with Gasteiger partial charge in [-0.25, -0.2) is 5.84 Å². The van der Waals surface area contributed by atoms with Gasteiger partial charge in [-0.3, -0.25) is 9.80 Å². The molecule has 0 fully saturated rings. The van der Waals surface area contributed by atoms with Crippen LogP contribution in [0.2, 0.25) is 0 Å². The van der Waals surface area contributed by atoms with Crippen LogP contribution in [-0.2, 0) is 15.6 Å². The van der Waals surface area contributed by atoms with E-state index in [1.54, 1.807) is 0 Å². The minimum Gasteiger partial charge on any atom is -0.493 e. The van der Waals surface area contributed by atoms with Crippen LogP contribution in [0.1, 0.15) is 78.4 Å². The molecular weight excluding hydrogens is 312 g/mol. The Kier molecular flexibility index (Phi) is 7.94. The summed E-state index contributed by atoms with van der Waals surface area (Å²) in [6.45, 7) is 14.8. The summed E-state index contributed by atoms with van der Waals surface area (Å²) in [6, 6.07) is 6.65. The highest BCUT2D eigenvalue weighted by atomic mass is 16.5. The lowest BCUT2D eigenvalue weighted by Crippen LogP contribution is -2.30. The molecule has 0 unspecified atom stereocenters. The molecule has 1 aromatic carbocycles. The van der Waals surface area contributed by atoms with Crippen LogP contribution in [0.15, 0.2) is 18.2 Å². The van der Waals surface area contributed by atoms with E-state index in [9.17, 15) is 4.79 Å². The maximum atomic E-state index is 10.5. The molecule has 25 heavy (non-hydrogen) atoms. The van der Waals surface area contributed by atoms with Gasteiger partial charge in [-0.1, -0.05) is 53.7 Å². The first kappa shape index (κ1) is 21.5. The van der Waals surface area contributed by atoms with Gasteiger partial charge in [0.15, 0.2) is 0 Å². The number of nitrogens with two attached hydrogens (primary N) is 1. The van der Waals surface area contributed by atoms with E-state index in [2.05, 4.69) is 59.7 Å². The summed E-state index contributed by atoms with van der Waals surface area (Å²) >= 11 is 0. The minimum atomic E-state index is 0.0702. The highest BCUT2D eigenvalue weighted by Gasteiger charge is 2.26. The molecule has 0 heterocycles. The Morgan fingerprint density at radius 2 is 1.72 bits per heavy atom. The SMILES string of the molecule is CCC(C)(C)c1ccc(OCCCCN(N)C=O)c(C(C)(C)CC)c1. The van der Waals surface area contributed by atoms with Gasteiger partial charge in [0.1, 0.15) is 5.75 Å². The van der Waals surface area contributed by atoms with Crippen molar-refractivity contribution in [2.45, 2.75) is 78.1 Å². The maximum Gasteiger partial charge on any atom is 0.223 e. The number of benzene rings is 1. The third-order valence-electron chi connectivity index (χ3n) is 5.46. The van der Waals surface area contributed by atoms with E-state index in [1.807, 2.05) is 0 Å². The molecule has 0 saturated carbocycles. The average Bonchev–Trinajstić information content (AvgIpc) is 2.60. The summed E-state index contributed by atoms with van der Waals surface area (Å²) < 4.78 is 6.09. The first-order chi connectivity index (χ1) is 11.7. The number of carbonyl (C=O) groups excluding carboxylic acids is 1. The molecule has 142 valence electrons. The van der Waals surface area contributed by atoms with Crippen LogP contribution >= 0.6 is 0 Å². The molecule has 0 aliphatic rings. The summed E-state index contributed by atoms with van der Waals surface area (Å²) in [4.78, 5) is 10.5. The number of hydrogen-bond acceptors (Lipinski definition) is 3. The van der Waals surface area contributed by atoms with Crippen LogP contribution in [0, 0.1) is 0 Å². The lowest BCUT2D eigenvalue weighted by molar-refractivity contribution is -0.118. The number of amides is 1. The molecular formula is C21H36N2O2. The van der Waals surface area contributed by atoms with Crippen molar-refractivity contribution in [3.63, 3.8) is 0 Å². The van der Waals surface area contributed by atoms with Crippen molar-refractivity contribution in [2.24, 2.45) is 5.84 Å². The number of hydrazine groups is 1. The normalized spacial score (nSPS) is 12.1. The monoisotopic (exact) mass is 348 g/mol. The molecule has 4 heteroatoms. The first-order valence-electron chi connectivity index (χ1n) is 9.42. The molecule has 0 bridgehead atoms. The van der Waals surface area contributed by atoms with Gasteiger partial charge < -0.3 is 4.74 Å². The van der Waals surface area contributed by atoms with E-state index in [0.717, 1.165) is 31.4 Å². The molecule has 4 nitrogen and oxygen atoms in total. The Hall–Kier alpha value is -1.55. The molecule has 0 aliphatic heterocycles. The van der Waals surface area contributed by atoms with Crippen LogP contribution in [0.25, 0.3) is 0 Å². The van der Waals surface area contributed by atoms with Crippen molar-refractivity contribution in [3.05, 3.63) is 29.3 Å². The van der Waals surface area contributed by atoms with Crippen molar-refractivity contribution in [1.82, 2.24) is 5.01 Å². The van der Waals surface area contributed by atoms with E-state index in [1.165, 1.54) is 16.1 Å². The number of unbranched alkanes of at least 4 members (excludes halogenated alkanes) is 1. The Balaban J connectivity index is 2.89. The van der Waals surface area contributed by atoms with E-state index < -0.39 is 0 Å². The highest BCUT2D eigenvalue weighted by Crippen LogP contribution is 2.38. The standard InChI is InChI=1S/C21H36N2O2/c1-7-20(3,4)17-11-12-19(18(15-17)21(5,6)8-2)25-14-10-9-13-23(22)16-24/h11-12,15-16H,7-10,13-14,22H2,1-6H3. The van der Waals surface area contributed by atoms with E-state index >= 15 is 0 Å². The Morgan fingerprint density at radius 1 is 1.08 bits per heavy atom. The fourth-order valence-corrected chi connectivity index (χ4v) is 2.63. The van der Waals surface area contributed by atoms with Gasteiger partial charge in [0, 0.05) is 12.1 Å². The van der Waals surface area contributed by atoms with Crippen LogP contribution < -0.4 is 10.6 Å². The highest BCUT2D eigenvalue weighted by molar-refractivity contribution is 5.45. The fourth-order valence-electron chi connectivity index (χ4n) is 2.63. The third kappa shape index (κ3) is 6.03. The van der Waals surface area contributed by atoms with Gasteiger partial charge in [0.05, 0.1) is 6.61 Å². The Bertz CT molecular complexity index is 553. The second-order valence-electron chi connectivity index (χ2n) is 8.08. The quantitative estimate of drug-likeness (QED) is 0.210. The fraction of sp³-hybridized carbons (Fsp3) is 0.667. The van der Waals surface area contributed by atoms with Crippen molar-refractivity contribution in [1.29, 1.82) is 0 Å². The lowest BCUT2D eigenvalue weighted by atomic mass is 9.76. The first-order valence-corrected chi connectivity index (χ1v) is 9.42. The molecule has 0 radical (unpaired) electrons. The summed E-state index contributed by atoms with van der Waals surface area (Å²) in [5.74, 6) is 6.44. The van der Waals surface area contributed by atoms with Crippen molar-refractivity contribution in [3.8, 4) is 5.75 Å². The van der Waals surface area contributed by atoms with Gasteiger partial charge >= 0.3 is 0 Å².